The molecule has 0 aromatic heterocycles. The van der Waals surface area contributed by atoms with Crippen LogP contribution in [0.5, 0.6) is 0 Å². The summed E-state index contributed by atoms with van der Waals surface area (Å²) < 4.78 is 0. The van der Waals surface area contributed by atoms with Crippen LogP contribution in [0.4, 0.5) is 0 Å². The number of rotatable bonds is 5. The second-order valence-electron chi connectivity index (χ2n) is 5.80. The lowest BCUT2D eigenvalue weighted by Crippen LogP contribution is -2.56. The van der Waals surface area contributed by atoms with Crippen molar-refractivity contribution >= 4 is 11.8 Å². The lowest BCUT2D eigenvalue weighted by molar-refractivity contribution is -0.150. The molecule has 0 spiro atoms. The van der Waals surface area contributed by atoms with E-state index in [4.69, 9.17) is 5.73 Å². The molecule has 0 aromatic carbocycles. The largest absolute Gasteiger partial charge is 0.332 e. The number of piperazine rings is 1. The standard InChI is InChI=1S/C14H25N3O2/c1-2-7-16-9-14(19)17(10-13(16)18)8-12(15)11-5-3-4-6-11/h11-12H,2-10,15H2,1H3. The minimum absolute atomic E-state index is 0.0250. The summed E-state index contributed by atoms with van der Waals surface area (Å²) in [5, 5.41) is 0. The third-order valence-electron chi connectivity index (χ3n) is 4.29. The average molecular weight is 267 g/mol. The summed E-state index contributed by atoms with van der Waals surface area (Å²) in [5.74, 6) is 0.623. The van der Waals surface area contributed by atoms with Crippen molar-refractivity contribution in [2.45, 2.75) is 45.1 Å². The van der Waals surface area contributed by atoms with E-state index in [0.29, 0.717) is 19.0 Å². The molecule has 2 N–H and O–H groups in total. The molecule has 5 nitrogen and oxygen atoms in total. The van der Waals surface area contributed by atoms with Crippen LogP contribution in [0.3, 0.4) is 0 Å². The van der Waals surface area contributed by atoms with Gasteiger partial charge in [0.1, 0.15) is 0 Å². The van der Waals surface area contributed by atoms with E-state index in [1.54, 1.807) is 9.80 Å². The van der Waals surface area contributed by atoms with Crippen molar-refractivity contribution in [1.82, 2.24) is 9.80 Å². The van der Waals surface area contributed by atoms with Crippen molar-refractivity contribution in [3.05, 3.63) is 0 Å². The number of carbonyl (C=O) groups excluding carboxylic acids is 2. The molecule has 0 bridgehead atoms. The molecule has 2 aliphatic rings. The highest BCUT2D eigenvalue weighted by Gasteiger charge is 2.32. The van der Waals surface area contributed by atoms with Crippen LogP contribution in [0.15, 0.2) is 0 Å². The average Bonchev–Trinajstić information content (AvgIpc) is 2.89. The molecule has 19 heavy (non-hydrogen) atoms. The van der Waals surface area contributed by atoms with Crippen molar-refractivity contribution in [3.8, 4) is 0 Å². The zero-order valence-electron chi connectivity index (χ0n) is 11.8. The Balaban J connectivity index is 1.87. The Morgan fingerprint density at radius 3 is 2.37 bits per heavy atom. The summed E-state index contributed by atoms with van der Waals surface area (Å²) in [6.45, 7) is 3.66. The third-order valence-corrected chi connectivity index (χ3v) is 4.29. The maximum absolute atomic E-state index is 12.1. The van der Waals surface area contributed by atoms with E-state index in [1.807, 2.05) is 6.92 Å². The number of carbonyl (C=O) groups is 2. The number of nitrogens with two attached hydrogens (primary N) is 1. The minimum atomic E-state index is 0.0250. The molecule has 1 atom stereocenters. The van der Waals surface area contributed by atoms with Gasteiger partial charge in [0.15, 0.2) is 0 Å². The molecule has 0 radical (unpaired) electrons. The zero-order chi connectivity index (χ0) is 13.8. The Morgan fingerprint density at radius 2 is 1.74 bits per heavy atom. The normalized spacial score (nSPS) is 23.3. The summed E-state index contributed by atoms with van der Waals surface area (Å²) in [4.78, 5) is 27.3. The van der Waals surface area contributed by atoms with Crippen molar-refractivity contribution < 1.29 is 9.59 Å². The van der Waals surface area contributed by atoms with Gasteiger partial charge in [-0.15, -0.1) is 0 Å². The third kappa shape index (κ3) is 3.47. The zero-order valence-corrected chi connectivity index (χ0v) is 11.8. The second-order valence-corrected chi connectivity index (χ2v) is 5.80. The molecule has 1 unspecified atom stereocenters. The van der Waals surface area contributed by atoms with Gasteiger partial charge < -0.3 is 15.5 Å². The highest BCUT2D eigenvalue weighted by Crippen LogP contribution is 2.27. The fourth-order valence-corrected chi connectivity index (χ4v) is 3.13. The van der Waals surface area contributed by atoms with Gasteiger partial charge in [-0.3, -0.25) is 9.59 Å². The molecule has 1 heterocycles. The predicted octanol–water partition coefficient (Wildman–Crippen LogP) is 0.585. The molecule has 5 heteroatoms. The molecule has 108 valence electrons. The van der Waals surface area contributed by atoms with E-state index in [2.05, 4.69) is 0 Å². The van der Waals surface area contributed by atoms with E-state index in [9.17, 15) is 9.59 Å². The fraction of sp³-hybridized carbons (Fsp3) is 0.857. The number of hydrogen-bond donors (Lipinski definition) is 1. The van der Waals surface area contributed by atoms with Crippen LogP contribution >= 0.6 is 0 Å². The van der Waals surface area contributed by atoms with Gasteiger partial charge in [-0.1, -0.05) is 19.8 Å². The van der Waals surface area contributed by atoms with E-state index < -0.39 is 0 Å². The molecule has 1 aliphatic heterocycles. The van der Waals surface area contributed by atoms with Gasteiger partial charge in [-0.05, 0) is 25.2 Å². The monoisotopic (exact) mass is 267 g/mol. The van der Waals surface area contributed by atoms with Gasteiger partial charge in [-0.25, -0.2) is 0 Å². The van der Waals surface area contributed by atoms with Gasteiger partial charge in [0.25, 0.3) is 0 Å². The predicted molar refractivity (Wildman–Crippen MR) is 73.4 cm³/mol. The Bertz CT molecular complexity index is 340. The maximum Gasteiger partial charge on any atom is 0.242 e. The Kier molecular flexibility index (Phi) is 4.80. The quantitative estimate of drug-likeness (QED) is 0.792. The number of amides is 2. The molecular formula is C14H25N3O2. The Labute approximate surface area is 115 Å². The summed E-state index contributed by atoms with van der Waals surface area (Å²) >= 11 is 0. The van der Waals surface area contributed by atoms with Gasteiger partial charge in [0.2, 0.25) is 11.8 Å². The van der Waals surface area contributed by atoms with Crippen molar-refractivity contribution in [2.75, 3.05) is 26.2 Å². The molecule has 2 rings (SSSR count). The highest BCUT2D eigenvalue weighted by atomic mass is 16.2. The first-order valence-electron chi connectivity index (χ1n) is 7.43. The fourth-order valence-electron chi connectivity index (χ4n) is 3.13. The van der Waals surface area contributed by atoms with Crippen molar-refractivity contribution in [3.63, 3.8) is 0 Å². The Hall–Kier alpha value is -1.10. The SMILES string of the molecule is CCCN1CC(=O)N(CC(N)C2CCCC2)CC1=O. The summed E-state index contributed by atoms with van der Waals surface area (Å²) in [5.41, 5.74) is 6.19. The van der Waals surface area contributed by atoms with Crippen molar-refractivity contribution in [1.29, 1.82) is 0 Å². The molecular weight excluding hydrogens is 242 g/mol. The van der Waals surface area contributed by atoms with Crippen LogP contribution in [0.1, 0.15) is 39.0 Å². The minimum Gasteiger partial charge on any atom is -0.332 e. The van der Waals surface area contributed by atoms with Crippen LogP contribution in [0.2, 0.25) is 0 Å². The maximum atomic E-state index is 12.1. The number of nitrogens with zero attached hydrogens (tertiary/aromatic N) is 2. The summed E-state index contributed by atoms with van der Waals surface area (Å²) in [7, 11) is 0. The van der Waals surface area contributed by atoms with E-state index in [1.165, 1.54) is 25.7 Å². The van der Waals surface area contributed by atoms with E-state index in [-0.39, 0.29) is 30.9 Å². The molecule has 1 aliphatic carbocycles. The Morgan fingerprint density at radius 1 is 1.16 bits per heavy atom. The molecule has 0 aromatic rings. The van der Waals surface area contributed by atoms with Crippen LogP contribution in [-0.4, -0.2) is 53.8 Å². The van der Waals surface area contributed by atoms with Crippen LogP contribution < -0.4 is 5.73 Å². The van der Waals surface area contributed by atoms with Gasteiger partial charge in [0, 0.05) is 19.1 Å². The topological polar surface area (TPSA) is 66.6 Å². The van der Waals surface area contributed by atoms with Crippen LogP contribution in [0, 0.1) is 5.92 Å². The van der Waals surface area contributed by atoms with Gasteiger partial charge in [0.05, 0.1) is 13.1 Å². The van der Waals surface area contributed by atoms with Crippen LogP contribution in [-0.2, 0) is 9.59 Å². The molecule has 1 saturated carbocycles. The highest BCUT2D eigenvalue weighted by molar-refractivity contribution is 5.92. The lowest BCUT2D eigenvalue weighted by Gasteiger charge is -2.36. The smallest absolute Gasteiger partial charge is 0.242 e. The number of hydrogen-bond acceptors (Lipinski definition) is 3. The molecule has 1 saturated heterocycles. The van der Waals surface area contributed by atoms with Crippen LogP contribution in [0.25, 0.3) is 0 Å². The molecule has 2 fully saturated rings. The lowest BCUT2D eigenvalue weighted by atomic mass is 9.98. The van der Waals surface area contributed by atoms with E-state index in [0.717, 1.165) is 6.42 Å². The first kappa shape index (κ1) is 14.3. The second kappa shape index (κ2) is 6.37. The van der Waals surface area contributed by atoms with Gasteiger partial charge >= 0.3 is 0 Å². The van der Waals surface area contributed by atoms with E-state index >= 15 is 0 Å². The van der Waals surface area contributed by atoms with Crippen molar-refractivity contribution in [2.24, 2.45) is 11.7 Å². The first-order valence-corrected chi connectivity index (χ1v) is 7.43. The summed E-state index contributed by atoms with van der Waals surface area (Å²) in [6, 6.07) is 0.0250. The summed E-state index contributed by atoms with van der Waals surface area (Å²) in [6.07, 6.45) is 5.71. The molecule has 2 amide bonds. The van der Waals surface area contributed by atoms with Gasteiger partial charge in [-0.2, -0.15) is 0 Å². The first-order chi connectivity index (χ1) is 9.11.